The summed E-state index contributed by atoms with van der Waals surface area (Å²) >= 11 is 0. The van der Waals surface area contributed by atoms with Crippen LogP contribution in [0.1, 0.15) is 22.3 Å². The molecule has 0 bridgehead atoms. The van der Waals surface area contributed by atoms with E-state index < -0.39 is 5.91 Å². The Morgan fingerprint density at radius 1 is 1.04 bits per heavy atom. The number of hydrogen-bond donors (Lipinski definition) is 1. The van der Waals surface area contributed by atoms with E-state index in [1.807, 2.05) is 30.3 Å². The molecule has 0 aromatic heterocycles. The van der Waals surface area contributed by atoms with Crippen LogP contribution in [0, 0.1) is 0 Å². The first kappa shape index (κ1) is 18.3. The maximum Gasteiger partial charge on any atom is 0.258 e. The molecule has 0 spiro atoms. The molecule has 132 valence electrons. The Morgan fingerprint density at radius 3 is 2.36 bits per heavy atom. The predicted molar refractivity (Wildman–Crippen MR) is 94.5 cm³/mol. The minimum Gasteiger partial charge on any atom is -0.497 e. The largest absolute Gasteiger partial charge is 0.497 e. The minimum atomic E-state index is -0.455. The molecule has 6 nitrogen and oxygen atoms in total. The number of carbonyl (C=O) groups is 2. The highest BCUT2D eigenvalue weighted by molar-refractivity contribution is 5.97. The van der Waals surface area contributed by atoms with Crippen molar-refractivity contribution in [2.24, 2.45) is 5.73 Å². The van der Waals surface area contributed by atoms with E-state index >= 15 is 0 Å². The highest BCUT2D eigenvalue weighted by atomic mass is 16.5. The molecule has 0 aliphatic carbocycles. The van der Waals surface area contributed by atoms with Crippen LogP contribution in [0.15, 0.2) is 48.5 Å². The van der Waals surface area contributed by atoms with Crippen LogP contribution in [0.4, 0.5) is 0 Å². The lowest BCUT2D eigenvalue weighted by molar-refractivity contribution is -0.118. The summed E-state index contributed by atoms with van der Waals surface area (Å²) in [6.45, 7) is 0.594. The molecule has 0 heterocycles. The van der Waals surface area contributed by atoms with Gasteiger partial charge in [0.15, 0.2) is 0 Å². The van der Waals surface area contributed by atoms with Crippen molar-refractivity contribution in [1.29, 1.82) is 0 Å². The molecular formula is C19H22N2O4. The quantitative estimate of drug-likeness (QED) is 0.797. The van der Waals surface area contributed by atoms with Crippen LogP contribution in [0.2, 0.25) is 0 Å². The molecule has 0 radical (unpaired) electrons. The number of benzene rings is 2. The number of ether oxygens (including phenoxy) is 2. The average Bonchev–Trinajstić information content (AvgIpc) is 2.64. The summed E-state index contributed by atoms with van der Waals surface area (Å²) in [5, 5.41) is 0. The Balaban J connectivity index is 2.32. The number of methoxy groups -OCH3 is 2. The fourth-order valence-corrected chi connectivity index (χ4v) is 2.45. The Bertz CT molecular complexity index is 731. The topological polar surface area (TPSA) is 81.9 Å². The Hall–Kier alpha value is -3.02. The normalized spacial score (nSPS) is 10.2. The monoisotopic (exact) mass is 342 g/mol. The lowest BCUT2D eigenvalue weighted by Gasteiger charge is -2.23. The second kappa shape index (κ2) is 8.73. The Kier molecular flexibility index (Phi) is 6.39. The second-order valence-corrected chi connectivity index (χ2v) is 5.49. The summed E-state index contributed by atoms with van der Waals surface area (Å²) in [5.41, 5.74) is 6.59. The average molecular weight is 342 g/mol. The van der Waals surface area contributed by atoms with Crippen molar-refractivity contribution in [2.75, 3.05) is 20.8 Å². The van der Waals surface area contributed by atoms with E-state index in [1.54, 1.807) is 23.1 Å². The molecule has 0 saturated heterocycles. The Labute approximate surface area is 147 Å². The van der Waals surface area contributed by atoms with Gasteiger partial charge < -0.3 is 20.1 Å². The zero-order valence-electron chi connectivity index (χ0n) is 14.4. The van der Waals surface area contributed by atoms with Gasteiger partial charge in [-0.2, -0.15) is 0 Å². The zero-order chi connectivity index (χ0) is 18.2. The number of primary amides is 1. The maximum absolute atomic E-state index is 13.0. The number of nitrogens with two attached hydrogens (primary N) is 1. The zero-order valence-corrected chi connectivity index (χ0v) is 14.4. The molecule has 2 rings (SSSR count). The third-order valence-electron chi connectivity index (χ3n) is 3.77. The van der Waals surface area contributed by atoms with Crippen LogP contribution in [0.3, 0.4) is 0 Å². The van der Waals surface area contributed by atoms with Crippen molar-refractivity contribution in [3.8, 4) is 11.5 Å². The molecule has 0 saturated carbocycles. The van der Waals surface area contributed by atoms with E-state index in [1.165, 1.54) is 14.2 Å². The molecule has 0 fully saturated rings. The van der Waals surface area contributed by atoms with Gasteiger partial charge in [-0.15, -0.1) is 0 Å². The smallest absolute Gasteiger partial charge is 0.258 e. The lowest BCUT2D eigenvalue weighted by Crippen LogP contribution is -2.34. The van der Waals surface area contributed by atoms with Crippen LogP contribution >= 0.6 is 0 Å². The van der Waals surface area contributed by atoms with Crippen molar-refractivity contribution in [2.45, 2.75) is 13.0 Å². The minimum absolute atomic E-state index is 0.0882. The SMILES string of the molecule is COc1ccc(OC)c(C(=O)N(CCC(N)=O)Cc2ccccc2)c1. The van der Waals surface area contributed by atoms with Gasteiger partial charge in [0.05, 0.1) is 19.8 Å². The third kappa shape index (κ3) is 4.97. The molecule has 2 aromatic carbocycles. The van der Waals surface area contributed by atoms with E-state index in [9.17, 15) is 9.59 Å². The number of hydrogen-bond acceptors (Lipinski definition) is 4. The van der Waals surface area contributed by atoms with Crippen LogP contribution in [-0.2, 0) is 11.3 Å². The van der Waals surface area contributed by atoms with Crippen molar-refractivity contribution in [3.63, 3.8) is 0 Å². The number of rotatable bonds is 8. The molecule has 2 aromatic rings. The van der Waals surface area contributed by atoms with E-state index in [4.69, 9.17) is 15.2 Å². The molecule has 0 unspecified atom stereocenters. The summed E-state index contributed by atoms with van der Waals surface area (Å²) < 4.78 is 10.5. The number of amides is 2. The van der Waals surface area contributed by atoms with Crippen molar-refractivity contribution in [3.05, 3.63) is 59.7 Å². The van der Waals surface area contributed by atoms with Crippen LogP contribution in [0.25, 0.3) is 0 Å². The van der Waals surface area contributed by atoms with E-state index in [0.717, 1.165) is 5.56 Å². The molecule has 0 aliphatic heterocycles. The van der Waals surface area contributed by atoms with E-state index in [2.05, 4.69) is 0 Å². The molecule has 6 heteroatoms. The Morgan fingerprint density at radius 2 is 1.76 bits per heavy atom. The second-order valence-electron chi connectivity index (χ2n) is 5.49. The van der Waals surface area contributed by atoms with Crippen molar-refractivity contribution >= 4 is 11.8 Å². The molecular weight excluding hydrogens is 320 g/mol. The molecule has 0 atom stereocenters. The van der Waals surface area contributed by atoms with Gasteiger partial charge in [0.25, 0.3) is 5.91 Å². The predicted octanol–water partition coefficient (Wildman–Crippen LogP) is 2.22. The van der Waals surface area contributed by atoms with Crippen molar-refractivity contribution in [1.82, 2.24) is 4.90 Å². The van der Waals surface area contributed by atoms with Gasteiger partial charge in [-0.1, -0.05) is 30.3 Å². The maximum atomic E-state index is 13.0. The fraction of sp³-hybridized carbons (Fsp3) is 0.263. The molecule has 0 aliphatic rings. The molecule has 2 N–H and O–H groups in total. The standard InChI is InChI=1S/C19H22N2O4/c1-24-15-8-9-17(25-2)16(12-15)19(23)21(11-10-18(20)22)13-14-6-4-3-5-7-14/h3-9,12H,10-11,13H2,1-2H3,(H2,20,22). The van der Waals surface area contributed by atoms with Crippen LogP contribution < -0.4 is 15.2 Å². The summed E-state index contributed by atoms with van der Waals surface area (Å²) in [6, 6.07) is 14.6. The van der Waals surface area contributed by atoms with Crippen LogP contribution in [-0.4, -0.2) is 37.5 Å². The molecule has 25 heavy (non-hydrogen) atoms. The van der Waals surface area contributed by atoms with Gasteiger partial charge in [-0.25, -0.2) is 0 Å². The summed E-state index contributed by atoms with van der Waals surface area (Å²) in [5.74, 6) is 0.297. The van der Waals surface area contributed by atoms with Gasteiger partial charge in [0.2, 0.25) is 5.91 Å². The van der Waals surface area contributed by atoms with Gasteiger partial charge in [-0.05, 0) is 23.8 Å². The van der Waals surface area contributed by atoms with Gasteiger partial charge in [0.1, 0.15) is 11.5 Å². The molecule has 2 amide bonds. The summed E-state index contributed by atoms with van der Waals surface area (Å²) in [6.07, 6.45) is 0.0882. The summed E-state index contributed by atoms with van der Waals surface area (Å²) in [4.78, 5) is 25.8. The van der Waals surface area contributed by atoms with Gasteiger partial charge >= 0.3 is 0 Å². The lowest BCUT2D eigenvalue weighted by atomic mass is 10.1. The van der Waals surface area contributed by atoms with E-state index in [0.29, 0.717) is 23.6 Å². The number of carbonyl (C=O) groups excluding carboxylic acids is 2. The first-order chi connectivity index (χ1) is 12.0. The van der Waals surface area contributed by atoms with E-state index in [-0.39, 0.29) is 18.9 Å². The summed E-state index contributed by atoms with van der Waals surface area (Å²) in [7, 11) is 3.04. The fourth-order valence-electron chi connectivity index (χ4n) is 2.45. The first-order valence-corrected chi connectivity index (χ1v) is 7.88. The van der Waals surface area contributed by atoms with Crippen LogP contribution in [0.5, 0.6) is 11.5 Å². The van der Waals surface area contributed by atoms with Gasteiger partial charge in [-0.3, -0.25) is 9.59 Å². The number of nitrogens with zero attached hydrogens (tertiary/aromatic N) is 1. The van der Waals surface area contributed by atoms with Gasteiger partial charge in [0, 0.05) is 19.5 Å². The van der Waals surface area contributed by atoms with Crippen molar-refractivity contribution < 1.29 is 19.1 Å². The first-order valence-electron chi connectivity index (χ1n) is 7.88. The highest BCUT2D eigenvalue weighted by Crippen LogP contribution is 2.26. The highest BCUT2D eigenvalue weighted by Gasteiger charge is 2.21. The third-order valence-corrected chi connectivity index (χ3v) is 3.77.